The topological polar surface area (TPSA) is 107 Å². The summed E-state index contributed by atoms with van der Waals surface area (Å²) in [4.78, 5) is 18.2. The van der Waals surface area contributed by atoms with Gasteiger partial charge in [0, 0.05) is 48.8 Å². The molecule has 0 amide bonds. The molecule has 1 unspecified atom stereocenters. The Balaban J connectivity index is 1.90. The van der Waals surface area contributed by atoms with E-state index in [0.717, 1.165) is 48.9 Å². The first kappa shape index (κ1) is 20.7. The molecule has 4 aromatic rings. The fraction of sp³-hybridized carbons (Fsp3) is 0.238. The molecule has 30 heavy (non-hydrogen) atoms. The molecule has 0 aliphatic carbocycles. The predicted molar refractivity (Wildman–Crippen MR) is 123 cm³/mol. The molecule has 0 fully saturated rings. The lowest BCUT2D eigenvalue weighted by atomic mass is 10.0. The predicted octanol–water partition coefficient (Wildman–Crippen LogP) is 4.19. The minimum atomic E-state index is -0.963. The molecule has 1 atom stereocenters. The van der Waals surface area contributed by atoms with E-state index in [1.807, 2.05) is 25.1 Å². The van der Waals surface area contributed by atoms with E-state index in [1.165, 1.54) is 17.7 Å². The second-order valence-electron chi connectivity index (χ2n) is 6.77. The number of nitrogens with two attached hydrogens (primary N) is 1. The van der Waals surface area contributed by atoms with Crippen LogP contribution in [0.5, 0.6) is 0 Å². The van der Waals surface area contributed by atoms with Gasteiger partial charge in [-0.3, -0.25) is 4.98 Å². The van der Waals surface area contributed by atoms with Crippen LogP contribution in [0.4, 0.5) is 5.69 Å². The first-order valence-electron chi connectivity index (χ1n) is 9.39. The molecule has 3 N–H and O–H groups in total. The fourth-order valence-electron chi connectivity index (χ4n) is 3.23. The average molecular weight is 441 g/mol. The lowest BCUT2D eigenvalue weighted by molar-refractivity contribution is 0.199. The molecule has 0 saturated heterocycles. The summed E-state index contributed by atoms with van der Waals surface area (Å²) in [6.07, 6.45) is 7.52. The number of aryl methyl sites for hydroxylation is 1. The molecule has 4 aromatic heterocycles. The molecule has 0 spiro atoms. The molecule has 4 heterocycles. The number of methoxy groups -OCH3 is 1. The van der Waals surface area contributed by atoms with Gasteiger partial charge in [-0.2, -0.15) is 4.55 Å². The zero-order valence-electron chi connectivity index (χ0n) is 16.7. The SMILES string of the molecule is COCCC[S+](O)c1sc2nc(-c3cncnc3)cc(-c3ccnc(C)c3)c2c1N. The third-order valence-corrected chi connectivity index (χ3v) is 7.67. The van der Waals surface area contributed by atoms with Gasteiger partial charge in [0.15, 0.2) is 11.2 Å². The van der Waals surface area contributed by atoms with E-state index in [9.17, 15) is 4.55 Å². The average Bonchev–Trinajstić information content (AvgIpc) is 3.10. The minimum absolute atomic E-state index is 0.589. The van der Waals surface area contributed by atoms with Crippen molar-refractivity contribution in [1.82, 2.24) is 19.9 Å². The van der Waals surface area contributed by atoms with Crippen molar-refractivity contribution in [2.75, 3.05) is 25.2 Å². The van der Waals surface area contributed by atoms with Gasteiger partial charge in [-0.15, -0.1) is 0 Å². The smallest absolute Gasteiger partial charge is 0.269 e. The number of pyridine rings is 2. The number of thiophene rings is 1. The number of anilines is 1. The standard InChI is InChI=1S/C21H22N5O2S2/c1-13-8-14(4-5-25-13)16-9-17(15-10-23-12-24-11-15)26-20-18(16)19(22)21(29-20)30(27)7-3-6-28-2/h4-5,8-12,27H,3,6-7,22H2,1-2H3/q+1. The summed E-state index contributed by atoms with van der Waals surface area (Å²) in [6.45, 7) is 2.56. The highest BCUT2D eigenvalue weighted by atomic mass is 32.2. The number of nitrogen functional groups attached to an aromatic ring is 1. The molecular weight excluding hydrogens is 418 g/mol. The first-order valence-corrected chi connectivity index (χ1v) is 11.6. The van der Waals surface area contributed by atoms with E-state index >= 15 is 0 Å². The van der Waals surface area contributed by atoms with Gasteiger partial charge in [-0.25, -0.2) is 15.0 Å². The summed E-state index contributed by atoms with van der Waals surface area (Å²) in [5.74, 6) is 0.605. The zero-order valence-corrected chi connectivity index (χ0v) is 18.3. The van der Waals surface area contributed by atoms with Gasteiger partial charge in [0.25, 0.3) is 4.21 Å². The normalized spacial score (nSPS) is 12.4. The van der Waals surface area contributed by atoms with Gasteiger partial charge < -0.3 is 10.5 Å². The number of aromatic nitrogens is 4. The van der Waals surface area contributed by atoms with E-state index in [4.69, 9.17) is 15.5 Å². The lowest BCUT2D eigenvalue weighted by Crippen LogP contribution is -2.08. The number of fused-ring (bicyclic) bond motifs is 1. The lowest BCUT2D eigenvalue weighted by Gasteiger charge is -2.08. The van der Waals surface area contributed by atoms with Crippen molar-refractivity contribution in [3.8, 4) is 22.4 Å². The molecule has 0 radical (unpaired) electrons. The van der Waals surface area contributed by atoms with E-state index in [2.05, 4.69) is 15.0 Å². The Morgan fingerprint density at radius 2 is 2.00 bits per heavy atom. The molecular formula is C21H22N5O2S2+. The van der Waals surface area contributed by atoms with Crippen molar-refractivity contribution < 1.29 is 9.29 Å². The highest BCUT2D eigenvalue weighted by Crippen LogP contribution is 2.43. The molecule has 4 rings (SSSR count). The highest BCUT2D eigenvalue weighted by molar-refractivity contribution is 7.93. The van der Waals surface area contributed by atoms with Crippen LogP contribution in [-0.2, 0) is 15.9 Å². The first-order chi connectivity index (χ1) is 14.6. The van der Waals surface area contributed by atoms with Crippen LogP contribution in [0, 0.1) is 6.92 Å². The van der Waals surface area contributed by atoms with Crippen LogP contribution in [0.25, 0.3) is 32.6 Å². The summed E-state index contributed by atoms with van der Waals surface area (Å²) >= 11 is 0.478. The van der Waals surface area contributed by atoms with Crippen molar-refractivity contribution >= 4 is 38.4 Å². The Hall–Kier alpha value is -2.59. The molecule has 0 aliphatic heterocycles. The molecule has 9 heteroatoms. The van der Waals surface area contributed by atoms with Crippen LogP contribution in [0.1, 0.15) is 12.1 Å². The minimum Gasteiger partial charge on any atom is -0.393 e. The van der Waals surface area contributed by atoms with Crippen LogP contribution in [0.3, 0.4) is 0 Å². The van der Waals surface area contributed by atoms with Crippen molar-refractivity contribution in [3.63, 3.8) is 0 Å². The largest absolute Gasteiger partial charge is 0.393 e. The van der Waals surface area contributed by atoms with Crippen molar-refractivity contribution in [1.29, 1.82) is 0 Å². The van der Waals surface area contributed by atoms with Crippen LogP contribution >= 0.6 is 11.3 Å². The summed E-state index contributed by atoms with van der Waals surface area (Å²) in [5, 5.41) is 0.861. The Morgan fingerprint density at radius 3 is 2.73 bits per heavy atom. The summed E-state index contributed by atoms with van der Waals surface area (Å²) in [6, 6.07) is 5.98. The van der Waals surface area contributed by atoms with Gasteiger partial charge in [-0.1, -0.05) is 11.3 Å². The molecule has 7 nitrogen and oxygen atoms in total. The molecule has 0 aliphatic rings. The van der Waals surface area contributed by atoms with Crippen LogP contribution in [0.2, 0.25) is 0 Å². The van der Waals surface area contributed by atoms with Gasteiger partial charge >= 0.3 is 0 Å². The Bertz CT molecular complexity index is 1170. The van der Waals surface area contributed by atoms with Gasteiger partial charge in [0.2, 0.25) is 0 Å². The van der Waals surface area contributed by atoms with Crippen molar-refractivity contribution in [3.05, 3.63) is 48.8 Å². The number of rotatable bonds is 7. The van der Waals surface area contributed by atoms with Gasteiger partial charge in [0.05, 0.1) is 12.3 Å². The number of hydrogen-bond donors (Lipinski definition) is 2. The third-order valence-electron chi connectivity index (χ3n) is 4.63. The quantitative estimate of drug-likeness (QED) is 0.328. The van der Waals surface area contributed by atoms with Crippen molar-refractivity contribution in [2.24, 2.45) is 0 Å². The second-order valence-corrected chi connectivity index (χ2v) is 9.57. The maximum atomic E-state index is 10.8. The number of hydrogen-bond acceptors (Lipinski definition) is 8. The van der Waals surface area contributed by atoms with E-state index < -0.39 is 11.2 Å². The molecule has 0 aromatic carbocycles. The van der Waals surface area contributed by atoms with Crippen LogP contribution in [-0.4, -0.2) is 44.0 Å². The maximum Gasteiger partial charge on any atom is 0.269 e. The van der Waals surface area contributed by atoms with E-state index in [-0.39, 0.29) is 0 Å². The van der Waals surface area contributed by atoms with Gasteiger partial charge in [-0.05, 0) is 36.2 Å². The van der Waals surface area contributed by atoms with Crippen molar-refractivity contribution in [2.45, 2.75) is 17.6 Å². The summed E-state index contributed by atoms with van der Waals surface area (Å²) in [7, 11) is 1.66. The van der Waals surface area contributed by atoms with Crippen LogP contribution in [0.15, 0.2) is 47.3 Å². The Morgan fingerprint density at radius 1 is 1.20 bits per heavy atom. The molecule has 0 saturated carbocycles. The van der Waals surface area contributed by atoms with E-state index in [0.29, 0.717) is 18.0 Å². The number of nitrogens with zero attached hydrogens (tertiary/aromatic N) is 4. The molecule has 0 bridgehead atoms. The Kier molecular flexibility index (Phi) is 6.24. The Labute approximate surface area is 181 Å². The van der Waals surface area contributed by atoms with Gasteiger partial charge in [0.1, 0.15) is 22.6 Å². The summed E-state index contributed by atoms with van der Waals surface area (Å²) < 4.78 is 16.6. The zero-order chi connectivity index (χ0) is 21.1. The number of ether oxygens (including phenoxy) is 1. The monoisotopic (exact) mass is 440 g/mol. The van der Waals surface area contributed by atoms with E-state index in [1.54, 1.807) is 25.7 Å². The maximum absolute atomic E-state index is 10.8. The second kappa shape index (κ2) is 9.05. The summed E-state index contributed by atoms with van der Waals surface area (Å²) in [5.41, 5.74) is 11.6. The molecule has 154 valence electrons. The highest BCUT2D eigenvalue weighted by Gasteiger charge is 2.29. The third kappa shape index (κ3) is 4.15. The fourth-order valence-corrected chi connectivity index (χ4v) is 5.89. The van der Waals surface area contributed by atoms with Crippen LogP contribution < -0.4 is 5.73 Å².